The largest absolute Gasteiger partial charge is 0.452 e. The zero-order valence-electron chi connectivity index (χ0n) is 14.4. The Bertz CT molecular complexity index is 923. The molecule has 0 bridgehead atoms. The lowest BCUT2D eigenvalue weighted by Crippen LogP contribution is -2.36. The molecule has 1 aliphatic heterocycles. The van der Waals surface area contributed by atoms with E-state index in [1.165, 1.54) is 5.56 Å². The van der Waals surface area contributed by atoms with Crippen molar-refractivity contribution < 1.29 is 14.3 Å². The molecule has 0 radical (unpaired) electrons. The van der Waals surface area contributed by atoms with Crippen molar-refractivity contribution in [2.24, 2.45) is 0 Å². The second-order valence-corrected chi connectivity index (χ2v) is 7.03. The number of hydrogen-bond acceptors (Lipinski definition) is 3. The highest BCUT2D eigenvalue weighted by molar-refractivity contribution is 5.89. The van der Waals surface area contributed by atoms with Crippen LogP contribution in [0.5, 0.6) is 0 Å². The Morgan fingerprint density at radius 3 is 2.54 bits per heavy atom. The number of hydrogen-bond donors (Lipinski definition) is 1. The van der Waals surface area contributed by atoms with Gasteiger partial charge in [0.05, 0.1) is 30.1 Å². The number of nitrogens with zero attached hydrogens (tertiary/aromatic N) is 1. The number of aromatic amines is 1. The minimum absolute atomic E-state index is 0.176. The third kappa shape index (κ3) is 2.56. The van der Waals surface area contributed by atoms with Gasteiger partial charge in [0.2, 0.25) is 0 Å². The van der Waals surface area contributed by atoms with Crippen molar-refractivity contribution in [3.05, 3.63) is 83.2 Å². The molecule has 26 heavy (non-hydrogen) atoms. The van der Waals surface area contributed by atoms with Crippen molar-refractivity contribution in [3.63, 3.8) is 0 Å². The SMILES string of the molecule is O=C(O[C@@H]1CC[C@@]2(CO2)c2c1[nH]n2Cc1ccccc1)c1ccccc1. The summed E-state index contributed by atoms with van der Waals surface area (Å²) >= 11 is 0. The lowest BCUT2D eigenvalue weighted by atomic mass is 9.86. The van der Waals surface area contributed by atoms with Crippen LogP contribution in [0.4, 0.5) is 0 Å². The Morgan fingerprint density at radius 2 is 1.85 bits per heavy atom. The van der Waals surface area contributed by atoms with Crippen LogP contribution >= 0.6 is 0 Å². The molecule has 0 saturated carbocycles. The van der Waals surface area contributed by atoms with Crippen LogP contribution in [0.2, 0.25) is 0 Å². The van der Waals surface area contributed by atoms with E-state index >= 15 is 0 Å². The summed E-state index contributed by atoms with van der Waals surface area (Å²) in [6, 6.07) is 19.5. The summed E-state index contributed by atoms with van der Waals surface area (Å²) < 4.78 is 13.7. The molecule has 0 amide bonds. The van der Waals surface area contributed by atoms with Crippen LogP contribution in [0.3, 0.4) is 0 Å². The van der Waals surface area contributed by atoms with Crippen LogP contribution in [0, 0.1) is 0 Å². The minimum Gasteiger partial charge on any atom is -0.452 e. The van der Waals surface area contributed by atoms with E-state index < -0.39 is 0 Å². The molecule has 132 valence electrons. The number of epoxide rings is 1. The molecular weight excluding hydrogens is 328 g/mol. The third-order valence-corrected chi connectivity index (χ3v) is 5.28. The lowest BCUT2D eigenvalue weighted by Gasteiger charge is -2.36. The van der Waals surface area contributed by atoms with Crippen molar-refractivity contribution in [1.29, 1.82) is 0 Å². The summed E-state index contributed by atoms with van der Waals surface area (Å²) in [5.74, 6) is -0.279. The fraction of sp³-hybridized carbons (Fsp3) is 0.286. The van der Waals surface area contributed by atoms with Crippen LogP contribution in [0.15, 0.2) is 60.7 Å². The second-order valence-electron chi connectivity index (χ2n) is 7.03. The van der Waals surface area contributed by atoms with Crippen LogP contribution in [0.1, 0.15) is 46.3 Å². The van der Waals surface area contributed by atoms with E-state index in [2.05, 4.69) is 21.9 Å². The molecule has 1 aromatic heterocycles. The van der Waals surface area contributed by atoms with E-state index in [4.69, 9.17) is 9.47 Å². The third-order valence-electron chi connectivity index (χ3n) is 5.28. The number of H-pyrrole nitrogens is 1. The van der Waals surface area contributed by atoms with E-state index in [0.29, 0.717) is 5.56 Å². The van der Waals surface area contributed by atoms with Gasteiger partial charge in [-0.3, -0.25) is 9.78 Å². The first-order valence-corrected chi connectivity index (χ1v) is 8.98. The van der Waals surface area contributed by atoms with E-state index in [1.807, 2.05) is 36.4 Å². The van der Waals surface area contributed by atoms with Gasteiger partial charge in [-0.25, -0.2) is 4.79 Å². The number of nitrogens with one attached hydrogen (secondary N) is 1. The van der Waals surface area contributed by atoms with E-state index in [0.717, 1.165) is 37.4 Å². The zero-order valence-corrected chi connectivity index (χ0v) is 14.4. The molecule has 2 aliphatic rings. The first-order chi connectivity index (χ1) is 12.8. The predicted molar refractivity (Wildman–Crippen MR) is 95.8 cm³/mol. The molecule has 1 spiro atoms. The number of rotatable bonds is 4. The van der Waals surface area contributed by atoms with Crippen molar-refractivity contribution in [1.82, 2.24) is 9.78 Å². The number of esters is 1. The van der Waals surface area contributed by atoms with Crippen LogP contribution < -0.4 is 0 Å². The van der Waals surface area contributed by atoms with Gasteiger partial charge in [0.25, 0.3) is 0 Å². The Balaban J connectivity index is 1.38. The number of carbonyl (C=O) groups excluding carboxylic acids is 1. The fourth-order valence-electron chi connectivity index (χ4n) is 3.83. The molecule has 1 N–H and O–H groups in total. The summed E-state index contributed by atoms with van der Waals surface area (Å²) in [7, 11) is 0. The van der Waals surface area contributed by atoms with Gasteiger partial charge in [0.15, 0.2) is 0 Å². The number of aromatic nitrogens is 2. The molecule has 0 unspecified atom stereocenters. The van der Waals surface area contributed by atoms with Crippen molar-refractivity contribution in [3.8, 4) is 0 Å². The van der Waals surface area contributed by atoms with Gasteiger partial charge < -0.3 is 9.47 Å². The molecule has 3 aromatic rings. The maximum atomic E-state index is 12.4. The quantitative estimate of drug-likeness (QED) is 0.576. The molecule has 5 heteroatoms. The van der Waals surface area contributed by atoms with Crippen molar-refractivity contribution >= 4 is 5.97 Å². The maximum absolute atomic E-state index is 12.4. The van der Waals surface area contributed by atoms with Crippen molar-refractivity contribution in [2.45, 2.75) is 31.1 Å². The van der Waals surface area contributed by atoms with Gasteiger partial charge in [-0.15, -0.1) is 0 Å². The topological polar surface area (TPSA) is 59.5 Å². The highest BCUT2D eigenvalue weighted by Crippen LogP contribution is 2.52. The van der Waals surface area contributed by atoms with E-state index in [9.17, 15) is 4.79 Å². The lowest BCUT2D eigenvalue weighted by molar-refractivity contribution is 0.0163. The molecular formula is C21H20N2O3. The average Bonchev–Trinajstić information content (AvgIpc) is 3.42. The highest BCUT2D eigenvalue weighted by Gasteiger charge is 2.55. The number of benzene rings is 2. The predicted octanol–water partition coefficient (Wildman–Crippen LogP) is 3.78. The summed E-state index contributed by atoms with van der Waals surface area (Å²) in [6.45, 7) is 1.52. The Labute approximate surface area is 151 Å². The first-order valence-electron chi connectivity index (χ1n) is 8.98. The second kappa shape index (κ2) is 5.88. The van der Waals surface area contributed by atoms with Gasteiger partial charge in [0, 0.05) is 0 Å². The molecule has 5 rings (SSSR count). The number of ether oxygens (including phenoxy) is 2. The Kier molecular flexibility index (Phi) is 3.50. The van der Waals surface area contributed by atoms with Gasteiger partial charge >= 0.3 is 5.97 Å². The van der Waals surface area contributed by atoms with E-state index in [1.54, 1.807) is 12.1 Å². The molecule has 2 atom stereocenters. The fourth-order valence-corrected chi connectivity index (χ4v) is 3.83. The molecule has 5 nitrogen and oxygen atoms in total. The molecule has 1 fully saturated rings. The van der Waals surface area contributed by atoms with Gasteiger partial charge in [-0.05, 0) is 30.5 Å². The molecule has 1 saturated heterocycles. The Hall–Kier alpha value is -2.79. The van der Waals surface area contributed by atoms with Gasteiger partial charge in [-0.1, -0.05) is 48.5 Å². The van der Waals surface area contributed by atoms with Gasteiger partial charge in [0.1, 0.15) is 11.7 Å². The highest BCUT2D eigenvalue weighted by atomic mass is 16.6. The smallest absolute Gasteiger partial charge is 0.338 e. The summed E-state index contributed by atoms with van der Waals surface area (Å²) in [4.78, 5) is 12.4. The summed E-state index contributed by atoms with van der Waals surface area (Å²) in [5, 5.41) is 3.39. The van der Waals surface area contributed by atoms with Crippen LogP contribution in [-0.2, 0) is 21.6 Å². The zero-order chi connectivity index (χ0) is 17.6. The normalized spacial score (nSPS) is 23.6. The number of fused-ring (bicyclic) bond motifs is 2. The molecule has 2 aromatic carbocycles. The first kappa shape index (κ1) is 15.5. The molecule has 1 aliphatic carbocycles. The molecule has 2 heterocycles. The summed E-state index contributed by atoms with van der Waals surface area (Å²) in [5.41, 5.74) is 3.78. The average molecular weight is 348 g/mol. The van der Waals surface area contributed by atoms with Crippen molar-refractivity contribution in [2.75, 3.05) is 6.61 Å². The summed E-state index contributed by atoms with van der Waals surface area (Å²) in [6.07, 6.45) is 1.43. The van der Waals surface area contributed by atoms with Gasteiger partial charge in [-0.2, -0.15) is 0 Å². The maximum Gasteiger partial charge on any atom is 0.338 e. The number of carbonyl (C=O) groups is 1. The Morgan fingerprint density at radius 1 is 1.15 bits per heavy atom. The monoisotopic (exact) mass is 348 g/mol. The van der Waals surface area contributed by atoms with E-state index in [-0.39, 0.29) is 17.7 Å². The standard InChI is InChI=1S/C21H20N2O3/c24-20(16-9-5-2-6-10-16)26-17-11-12-21(14-25-21)19-18(17)22-23(19)13-15-7-3-1-4-8-15/h1-10,17,22H,11-14H2/t17-,21-/m1/s1. The van der Waals surface area contributed by atoms with Crippen LogP contribution in [-0.4, -0.2) is 22.4 Å². The van der Waals surface area contributed by atoms with Crippen LogP contribution in [0.25, 0.3) is 0 Å². The minimum atomic E-state index is -0.279.